The lowest BCUT2D eigenvalue weighted by Gasteiger charge is -2.28. The molecule has 0 bridgehead atoms. The summed E-state index contributed by atoms with van der Waals surface area (Å²) < 4.78 is 50.1. The van der Waals surface area contributed by atoms with Crippen LogP contribution in [0.3, 0.4) is 0 Å². The molecular weight excluding hydrogens is 496 g/mol. The highest BCUT2D eigenvalue weighted by atomic mass is 32.2. The molecule has 198 valence electrons. The Morgan fingerprint density at radius 3 is 2.00 bits per heavy atom. The van der Waals surface area contributed by atoms with Gasteiger partial charge in [-0.25, -0.2) is 8.42 Å². The molecule has 3 aromatic rings. The second kappa shape index (κ2) is 11.9. The molecule has 0 saturated heterocycles. The number of sulfonamides is 1. The van der Waals surface area contributed by atoms with Crippen LogP contribution in [-0.2, 0) is 21.4 Å². The smallest absolute Gasteiger partial charge is 0.264 e. The van der Waals surface area contributed by atoms with Crippen LogP contribution in [0.2, 0.25) is 0 Å². The zero-order valence-electron chi connectivity index (χ0n) is 21.8. The van der Waals surface area contributed by atoms with Crippen molar-refractivity contribution in [3.8, 4) is 23.0 Å². The molecule has 37 heavy (non-hydrogen) atoms. The van der Waals surface area contributed by atoms with E-state index in [-0.39, 0.29) is 22.9 Å². The monoisotopic (exact) mass is 528 g/mol. The second-order valence-corrected chi connectivity index (χ2v) is 10.2. The van der Waals surface area contributed by atoms with E-state index in [2.05, 4.69) is 0 Å². The number of rotatable bonds is 11. The number of likely N-dealkylation sites (N-methyl/N-ethyl adjacent to an activating group) is 1. The first-order valence-corrected chi connectivity index (χ1v) is 12.8. The lowest BCUT2D eigenvalue weighted by molar-refractivity contribution is -0.128. The first-order chi connectivity index (χ1) is 17.6. The highest BCUT2D eigenvalue weighted by Gasteiger charge is 2.31. The van der Waals surface area contributed by atoms with Crippen LogP contribution in [0, 0.1) is 6.92 Å². The summed E-state index contributed by atoms with van der Waals surface area (Å²) in [6, 6.07) is 16.6. The van der Waals surface area contributed by atoms with E-state index in [9.17, 15) is 13.2 Å². The summed E-state index contributed by atoms with van der Waals surface area (Å²) in [7, 11) is 3.47. The predicted molar refractivity (Wildman–Crippen MR) is 141 cm³/mol. The Hall–Kier alpha value is -3.92. The molecule has 10 heteroatoms. The number of benzene rings is 3. The van der Waals surface area contributed by atoms with E-state index in [0.29, 0.717) is 17.2 Å². The molecular formula is C27H32N2O7S. The van der Waals surface area contributed by atoms with E-state index in [1.54, 1.807) is 50.6 Å². The first-order valence-electron chi connectivity index (χ1n) is 11.4. The van der Waals surface area contributed by atoms with E-state index < -0.39 is 22.5 Å². The average molecular weight is 529 g/mol. The minimum Gasteiger partial charge on any atom is -0.497 e. The number of nitrogens with zero attached hydrogens (tertiary/aromatic N) is 2. The van der Waals surface area contributed by atoms with Gasteiger partial charge in [0.05, 0.1) is 39.0 Å². The van der Waals surface area contributed by atoms with E-state index in [0.717, 1.165) is 15.4 Å². The van der Waals surface area contributed by atoms with Gasteiger partial charge in [-0.2, -0.15) is 0 Å². The summed E-state index contributed by atoms with van der Waals surface area (Å²) >= 11 is 0. The Morgan fingerprint density at radius 2 is 1.41 bits per heavy atom. The van der Waals surface area contributed by atoms with Crippen molar-refractivity contribution >= 4 is 21.6 Å². The van der Waals surface area contributed by atoms with Crippen LogP contribution in [0.25, 0.3) is 0 Å². The molecule has 0 spiro atoms. The third kappa shape index (κ3) is 6.26. The summed E-state index contributed by atoms with van der Waals surface area (Å²) in [4.78, 5) is 14.9. The summed E-state index contributed by atoms with van der Waals surface area (Å²) in [6.45, 7) is 1.64. The highest BCUT2D eigenvalue weighted by molar-refractivity contribution is 7.92. The van der Waals surface area contributed by atoms with Crippen molar-refractivity contribution in [1.82, 2.24) is 4.90 Å². The number of anilines is 1. The average Bonchev–Trinajstić information content (AvgIpc) is 2.91. The van der Waals surface area contributed by atoms with Gasteiger partial charge < -0.3 is 23.8 Å². The number of aryl methyl sites for hydroxylation is 1. The zero-order chi connectivity index (χ0) is 27.2. The molecule has 3 rings (SSSR count). The van der Waals surface area contributed by atoms with Gasteiger partial charge in [0, 0.05) is 19.7 Å². The van der Waals surface area contributed by atoms with Gasteiger partial charge in [0.2, 0.25) is 5.91 Å². The number of carbonyl (C=O) groups excluding carboxylic acids is 1. The van der Waals surface area contributed by atoms with Crippen molar-refractivity contribution in [3.63, 3.8) is 0 Å². The predicted octanol–water partition coefficient (Wildman–Crippen LogP) is 3.88. The van der Waals surface area contributed by atoms with Gasteiger partial charge in [-0.15, -0.1) is 0 Å². The normalized spacial score (nSPS) is 11.0. The molecule has 1 amide bonds. The molecule has 0 saturated carbocycles. The van der Waals surface area contributed by atoms with Gasteiger partial charge in [0.1, 0.15) is 18.0 Å². The summed E-state index contributed by atoms with van der Waals surface area (Å²) in [5.41, 5.74) is 1.89. The summed E-state index contributed by atoms with van der Waals surface area (Å²) in [5, 5.41) is 0. The van der Waals surface area contributed by atoms with Gasteiger partial charge in [0.15, 0.2) is 11.5 Å². The van der Waals surface area contributed by atoms with Crippen molar-refractivity contribution < 1.29 is 32.2 Å². The fourth-order valence-corrected chi connectivity index (χ4v) is 5.13. The van der Waals surface area contributed by atoms with E-state index >= 15 is 0 Å². The van der Waals surface area contributed by atoms with Crippen molar-refractivity contribution in [3.05, 3.63) is 71.8 Å². The summed E-state index contributed by atoms with van der Waals surface area (Å²) in [5.74, 6) is 1.39. The van der Waals surface area contributed by atoms with Crippen molar-refractivity contribution in [2.45, 2.75) is 18.4 Å². The fraction of sp³-hybridized carbons (Fsp3) is 0.296. The minimum atomic E-state index is -4.14. The van der Waals surface area contributed by atoms with Gasteiger partial charge >= 0.3 is 0 Å². The standard InChI is InChI=1S/C27H32N2O7S/c1-19-7-11-22(12-8-19)37(31,32)29(23-16-21(33-3)10-14-24(23)34-4)18-27(30)28(2)17-20-9-13-25(35-5)26(15-20)36-6/h7-16H,17-18H2,1-6H3. The first kappa shape index (κ1) is 27.7. The number of hydrogen-bond donors (Lipinski definition) is 0. The van der Waals surface area contributed by atoms with Gasteiger partial charge in [-0.05, 0) is 48.9 Å². The molecule has 0 unspecified atom stereocenters. The Bertz CT molecular complexity index is 1340. The minimum absolute atomic E-state index is 0.0540. The largest absolute Gasteiger partial charge is 0.497 e. The molecule has 0 aliphatic rings. The van der Waals surface area contributed by atoms with E-state index in [1.807, 2.05) is 13.0 Å². The van der Waals surface area contributed by atoms with Crippen molar-refractivity contribution in [2.75, 3.05) is 46.3 Å². The van der Waals surface area contributed by atoms with Crippen LogP contribution in [0.15, 0.2) is 65.6 Å². The Balaban J connectivity index is 1.98. The van der Waals surface area contributed by atoms with Crippen LogP contribution < -0.4 is 23.3 Å². The van der Waals surface area contributed by atoms with Crippen LogP contribution >= 0.6 is 0 Å². The third-order valence-corrected chi connectivity index (χ3v) is 7.61. The van der Waals surface area contributed by atoms with Crippen molar-refractivity contribution in [1.29, 1.82) is 0 Å². The zero-order valence-corrected chi connectivity index (χ0v) is 22.7. The fourth-order valence-electron chi connectivity index (χ4n) is 3.71. The number of amides is 1. The van der Waals surface area contributed by atoms with E-state index in [1.165, 1.54) is 44.4 Å². The Labute approximate surface area is 218 Å². The van der Waals surface area contributed by atoms with Crippen LogP contribution in [0.4, 0.5) is 5.69 Å². The Kier molecular flexibility index (Phi) is 8.88. The second-order valence-electron chi connectivity index (χ2n) is 8.30. The SMILES string of the molecule is COc1ccc(OC)c(N(CC(=O)N(C)Cc2ccc(OC)c(OC)c2)S(=O)(=O)c2ccc(C)cc2)c1. The summed E-state index contributed by atoms with van der Waals surface area (Å²) in [6.07, 6.45) is 0. The molecule has 0 aliphatic carbocycles. The molecule has 0 atom stereocenters. The maximum Gasteiger partial charge on any atom is 0.264 e. The maximum atomic E-state index is 13.8. The quantitative estimate of drug-likeness (QED) is 0.373. The molecule has 3 aromatic carbocycles. The number of hydrogen-bond acceptors (Lipinski definition) is 7. The highest BCUT2D eigenvalue weighted by Crippen LogP contribution is 2.36. The molecule has 0 aromatic heterocycles. The number of carbonyl (C=O) groups is 1. The Morgan fingerprint density at radius 1 is 0.784 bits per heavy atom. The van der Waals surface area contributed by atoms with Gasteiger partial charge in [-0.1, -0.05) is 23.8 Å². The number of methoxy groups -OCH3 is 4. The van der Waals surface area contributed by atoms with Crippen LogP contribution in [-0.4, -0.2) is 61.3 Å². The molecule has 0 aliphatic heterocycles. The van der Waals surface area contributed by atoms with Gasteiger partial charge in [0.25, 0.3) is 10.0 Å². The third-order valence-electron chi connectivity index (χ3n) is 5.84. The van der Waals surface area contributed by atoms with Crippen molar-refractivity contribution in [2.24, 2.45) is 0 Å². The molecule has 9 nitrogen and oxygen atoms in total. The lowest BCUT2D eigenvalue weighted by Crippen LogP contribution is -2.41. The lowest BCUT2D eigenvalue weighted by atomic mass is 10.2. The number of ether oxygens (including phenoxy) is 4. The van der Waals surface area contributed by atoms with Crippen LogP contribution in [0.5, 0.6) is 23.0 Å². The van der Waals surface area contributed by atoms with Gasteiger partial charge in [-0.3, -0.25) is 9.10 Å². The van der Waals surface area contributed by atoms with E-state index in [4.69, 9.17) is 18.9 Å². The maximum absolute atomic E-state index is 13.8. The molecule has 0 N–H and O–H groups in total. The van der Waals surface area contributed by atoms with Crippen LogP contribution in [0.1, 0.15) is 11.1 Å². The topological polar surface area (TPSA) is 94.6 Å². The molecule has 0 heterocycles. The molecule has 0 radical (unpaired) electrons. The molecule has 0 fully saturated rings.